The summed E-state index contributed by atoms with van der Waals surface area (Å²) in [6.07, 6.45) is 5.42. The zero-order valence-corrected chi connectivity index (χ0v) is 6.04. The first-order chi connectivity index (χ1) is 3.80. The molecule has 1 rings (SSSR count). The molecule has 1 saturated carbocycles. The fourth-order valence-electron chi connectivity index (χ4n) is 1.32. The zero-order valence-electron chi connectivity index (χ0n) is 5.28. The number of rotatable bonds is 1. The quantitative estimate of drug-likeness (QED) is 0.513. The number of hydrogen-bond donors (Lipinski definition) is 0. The molecular weight excluding hydrogens is 120 g/mol. The van der Waals surface area contributed by atoms with Gasteiger partial charge in [0.25, 0.3) is 0 Å². The van der Waals surface area contributed by atoms with E-state index in [0.29, 0.717) is 0 Å². The van der Waals surface area contributed by atoms with Crippen molar-refractivity contribution in [3.8, 4) is 0 Å². The predicted molar refractivity (Wildman–Crippen MR) is 36.7 cm³/mol. The molecule has 1 aliphatic carbocycles. The molecule has 1 heteroatoms. The molecule has 0 bridgehead atoms. The minimum Gasteiger partial charge on any atom is -0.117 e. The monoisotopic (exact) mass is 131 g/mol. The maximum Gasteiger partial charge on any atom is 0.0637 e. The predicted octanol–water partition coefficient (Wildman–Crippen LogP) is 2.97. The molecule has 8 heavy (non-hydrogen) atoms. The van der Waals surface area contributed by atoms with Crippen LogP contribution in [0.2, 0.25) is 0 Å². The Morgan fingerprint density at radius 1 is 1.38 bits per heavy atom. The number of hydrogen-bond acceptors (Lipinski definition) is 0. The van der Waals surface area contributed by atoms with Crippen molar-refractivity contribution < 1.29 is 0 Å². The molecule has 0 aromatic carbocycles. The average molecular weight is 132 g/mol. The van der Waals surface area contributed by atoms with Gasteiger partial charge in [-0.1, -0.05) is 12.8 Å². The van der Waals surface area contributed by atoms with Crippen molar-refractivity contribution in [2.75, 3.05) is 0 Å². The number of halogens is 1. The van der Waals surface area contributed by atoms with Crippen LogP contribution >= 0.6 is 11.6 Å². The minimum absolute atomic E-state index is 0.747. The molecule has 0 N–H and O–H groups in total. The molecule has 0 aromatic heterocycles. The van der Waals surface area contributed by atoms with Crippen LogP contribution in [-0.2, 0) is 0 Å². The van der Waals surface area contributed by atoms with Crippen molar-refractivity contribution >= 4 is 11.6 Å². The Morgan fingerprint density at radius 2 is 1.88 bits per heavy atom. The SMILES string of the molecule is C[C](Cl)C1CCCC1. The second-order valence-corrected chi connectivity index (χ2v) is 3.16. The summed E-state index contributed by atoms with van der Waals surface area (Å²) in [6, 6.07) is 0. The van der Waals surface area contributed by atoms with E-state index in [1.54, 1.807) is 0 Å². The van der Waals surface area contributed by atoms with E-state index in [0.717, 1.165) is 11.3 Å². The second kappa shape index (κ2) is 2.72. The van der Waals surface area contributed by atoms with Crippen molar-refractivity contribution in [1.29, 1.82) is 0 Å². The van der Waals surface area contributed by atoms with Crippen molar-refractivity contribution in [1.82, 2.24) is 0 Å². The fourth-order valence-corrected chi connectivity index (χ4v) is 1.54. The molecule has 0 aromatic rings. The molecule has 1 radical (unpaired) electrons. The van der Waals surface area contributed by atoms with Gasteiger partial charge < -0.3 is 0 Å². The summed E-state index contributed by atoms with van der Waals surface area (Å²) in [5.74, 6) is 0.747. The third-order valence-corrected chi connectivity index (χ3v) is 2.23. The van der Waals surface area contributed by atoms with E-state index in [-0.39, 0.29) is 0 Å². The van der Waals surface area contributed by atoms with Crippen LogP contribution < -0.4 is 0 Å². The van der Waals surface area contributed by atoms with Crippen LogP contribution in [0.3, 0.4) is 0 Å². The topological polar surface area (TPSA) is 0 Å². The van der Waals surface area contributed by atoms with E-state index >= 15 is 0 Å². The van der Waals surface area contributed by atoms with Gasteiger partial charge in [-0.2, -0.15) is 0 Å². The van der Waals surface area contributed by atoms with Crippen molar-refractivity contribution in [2.45, 2.75) is 32.6 Å². The molecular formula is C7H12Cl. The maximum atomic E-state index is 5.80. The van der Waals surface area contributed by atoms with Gasteiger partial charge in [-0.05, 0) is 25.7 Å². The Hall–Kier alpha value is 0.290. The molecule has 0 atom stereocenters. The zero-order chi connectivity index (χ0) is 5.98. The minimum atomic E-state index is 0.747. The van der Waals surface area contributed by atoms with Crippen LogP contribution in [-0.4, -0.2) is 0 Å². The lowest BCUT2D eigenvalue weighted by molar-refractivity contribution is 0.614. The van der Waals surface area contributed by atoms with Gasteiger partial charge in [0.05, 0.1) is 5.38 Å². The normalized spacial score (nSPS) is 22.9. The van der Waals surface area contributed by atoms with Crippen LogP contribution in [0.4, 0.5) is 0 Å². The van der Waals surface area contributed by atoms with Gasteiger partial charge >= 0.3 is 0 Å². The highest BCUT2D eigenvalue weighted by atomic mass is 35.5. The first kappa shape index (κ1) is 6.41. The van der Waals surface area contributed by atoms with Crippen LogP contribution in [0.15, 0.2) is 0 Å². The third kappa shape index (κ3) is 1.38. The highest BCUT2D eigenvalue weighted by molar-refractivity contribution is 6.26. The van der Waals surface area contributed by atoms with Gasteiger partial charge in [-0.3, -0.25) is 0 Å². The summed E-state index contributed by atoms with van der Waals surface area (Å²) in [7, 11) is 0. The first-order valence-corrected chi connectivity index (χ1v) is 3.67. The summed E-state index contributed by atoms with van der Waals surface area (Å²) in [5.41, 5.74) is 0. The lowest BCUT2D eigenvalue weighted by atomic mass is 10.1. The van der Waals surface area contributed by atoms with Gasteiger partial charge in [-0.15, -0.1) is 11.6 Å². The molecule has 0 aliphatic heterocycles. The van der Waals surface area contributed by atoms with Gasteiger partial charge in [0.1, 0.15) is 0 Å². The molecule has 0 unspecified atom stereocenters. The maximum absolute atomic E-state index is 5.80. The molecule has 0 spiro atoms. The van der Waals surface area contributed by atoms with Crippen molar-refractivity contribution in [2.24, 2.45) is 5.92 Å². The van der Waals surface area contributed by atoms with Gasteiger partial charge in [-0.25, -0.2) is 0 Å². The summed E-state index contributed by atoms with van der Waals surface area (Å²) in [5, 5.41) is 1.11. The summed E-state index contributed by atoms with van der Waals surface area (Å²) in [6.45, 7) is 2.03. The first-order valence-electron chi connectivity index (χ1n) is 3.29. The highest BCUT2D eigenvalue weighted by Crippen LogP contribution is 2.34. The molecule has 1 aliphatic rings. The van der Waals surface area contributed by atoms with E-state index in [1.807, 2.05) is 6.92 Å². The second-order valence-electron chi connectivity index (χ2n) is 2.57. The Bertz CT molecular complexity index is 62.8. The molecule has 1 fully saturated rings. The average Bonchev–Trinajstić information content (AvgIpc) is 2.12. The van der Waals surface area contributed by atoms with Crippen molar-refractivity contribution in [3.05, 3.63) is 5.38 Å². The van der Waals surface area contributed by atoms with E-state index in [4.69, 9.17) is 11.6 Å². The van der Waals surface area contributed by atoms with Gasteiger partial charge in [0, 0.05) is 0 Å². The largest absolute Gasteiger partial charge is 0.117 e. The Balaban J connectivity index is 2.24. The van der Waals surface area contributed by atoms with E-state index in [9.17, 15) is 0 Å². The highest BCUT2D eigenvalue weighted by Gasteiger charge is 2.19. The Morgan fingerprint density at radius 3 is 2.12 bits per heavy atom. The van der Waals surface area contributed by atoms with Crippen LogP contribution in [0.5, 0.6) is 0 Å². The lowest BCUT2D eigenvalue weighted by Gasteiger charge is -2.08. The molecule has 0 amide bonds. The van der Waals surface area contributed by atoms with Crippen LogP contribution in [0.25, 0.3) is 0 Å². The van der Waals surface area contributed by atoms with Gasteiger partial charge in [0.15, 0.2) is 0 Å². The molecule has 47 valence electrons. The summed E-state index contributed by atoms with van der Waals surface area (Å²) < 4.78 is 0. The molecule has 0 heterocycles. The lowest BCUT2D eigenvalue weighted by Crippen LogP contribution is -1.96. The standard InChI is InChI=1S/C7H12Cl/c1-6(8)7-4-2-3-5-7/h7H,2-5H2,1H3. The summed E-state index contributed by atoms with van der Waals surface area (Å²) in [4.78, 5) is 0. The van der Waals surface area contributed by atoms with Crippen molar-refractivity contribution in [3.63, 3.8) is 0 Å². The van der Waals surface area contributed by atoms with Crippen LogP contribution in [0, 0.1) is 11.3 Å². The molecule has 0 saturated heterocycles. The Labute approximate surface area is 56.2 Å². The van der Waals surface area contributed by atoms with E-state index in [2.05, 4.69) is 0 Å². The smallest absolute Gasteiger partial charge is 0.0637 e. The van der Waals surface area contributed by atoms with E-state index in [1.165, 1.54) is 25.7 Å². The van der Waals surface area contributed by atoms with E-state index < -0.39 is 0 Å². The Kier molecular flexibility index (Phi) is 2.18. The molecule has 0 nitrogen and oxygen atoms in total. The fraction of sp³-hybridized carbons (Fsp3) is 0.857. The van der Waals surface area contributed by atoms with Gasteiger partial charge in [0.2, 0.25) is 0 Å². The third-order valence-electron chi connectivity index (χ3n) is 1.92. The van der Waals surface area contributed by atoms with Crippen LogP contribution in [0.1, 0.15) is 32.6 Å². The summed E-state index contributed by atoms with van der Waals surface area (Å²) >= 11 is 5.80.